The summed E-state index contributed by atoms with van der Waals surface area (Å²) in [5, 5.41) is 0.780. The van der Waals surface area contributed by atoms with Crippen molar-refractivity contribution in [3.05, 3.63) is 52.3 Å². The molecule has 0 radical (unpaired) electrons. The van der Waals surface area contributed by atoms with Crippen LogP contribution < -0.4 is 0 Å². The maximum Gasteiger partial charge on any atom is 0.131 e. The van der Waals surface area contributed by atoms with Gasteiger partial charge >= 0.3 is 0 Å². The Morgan fingerprint density at radius 3 is 2.95 bits per heavy atom. The van der Waals surface area contributed by atoms with E-state index in [4.69, 9.17) is 16.6 Å². The van der Waals surface area contributed by atoms with Crippen molar-refractivity contribution in [1.29, 1.82) is 0 Å². The standard InChI is InChI=1S/C16H19ClN4/c1-11(2)16-19-8-13-10-21(6-4-15(13)20-16)9-12-7-18-5-3-14(12)17/h3,5,7-8,11H,4,6,9-10H2,1-2H3. The smallest absolute Gasteiger partial charge is 0.131 e. The molecule has 0 fully saturated rings. The molecule has 0 aromatic carbocycles. The van der Waals surface area contributed by atoms with Crippen molar-refractivity contribution in [2.24, 2.45) is 0 Å². The van der Waals surface area contributed by atoms with Gasteiger partial charge in [0, 0.05) is 72.4 Å². The van der Waals surface area contributed by atoms with Crippen molar-refractivity contribution < 1.29 is 0 Å². The number of halogens is 1. The topological polar surface area (TPSA) is 41.9 Å². The number of aromatic nitrogens is 3. The van der Waals surface area contributed by atoms with E-state index in [9.17, 15) is 0 Å². The van der Waals surface area contributed by atoms with Crippen LogP contribution in [0.1, 0.15) is 42.4 Å². The highest BCUT2D eigenvalue weighted by atomic mass is 35.5. The van der Waals surface area contributed by atoms with Gasteiger partial charge in [0.05, 0.1) is 0 Å². The Morgan fingerprint density at radius 1 is 1.33 bits per heavy atom. The number of hydrogen-bond donors (Lipinski definition) is 0. The van der Waals surface area contributed by atoms with E-state index in [-0.39, 0.29) is 0 Å². The fourth-order valence-corrected chi connectivity index (χ4v) is 2.74. The summed E-state index contributed by atoms with van der Waals surface area (Å²) in [6.45, 7) is 6.94. The predicted octanol–water partition coefficient (Wildman–Crippen LogP) is 3.21. The molecule has 3 rings (SSSR count). The van der Waals surface area contributed by atoms with Crippen LogP contribution in [0.15, 0.2) is 24.7 Å². The zero-order valence-electron chi connectivity index (χ0n) is 12.4. The summed E-state index contributed by atoms with van der Waals surface area (Å²) in [6, 6.07) is 1.84. The molecule has 1 aliphatic rings. The largest absolute Gasteiger partial charge is 0.294 e. The SMILES string of the molecule is CC(C)c1ncc2c(n1)CCN(Cc1cnccc1Cl)C2. The molecule has 3 heterocycles. The van der Waals surface area contributed by atoms with Crippen molar-refractivity contribution in [3.63, 3.8) is 0 Å². The van der Waals surface area contributed by atoms with Crippen LogP contribution in [0.25, 0.3) is 0 Å². The molecule has 5 heteroatoms. The van der Waals surface area contributed by atoms with Crippen LogP contribution in [0.5, 0.6) is 0 Å². The highest BCUT2D eigenvalue weighted by Crippen LogP contribution is 2.22. The van der Waals surface area contributed by atoms with Crippen LogP contribution in [0.3, 0.4) is 0 Å². The third-order valence-electron chi connectivity index (χ3n) is 3.79. The van der Waals surface area contributed by atoms with E-state index in [0.29, 0.717) is 5.92 Å². The van der Waals surface area contributed by atoms with E-state index in [1.807, 2.05) is 18.5 Å². The minimum atomic E-state index is 0.377. The summed E-state index contributed by atoms with van der Waals surface area (Å²) >= 11 is 6.21. The van der Waals surface area contributed by atoms with Gasteiger partial charge < -0.3 is 0 Å². The highest BCUT2D eigenvalue weighted by molar-refractivity contribution is 6.31. The average Bonchev–Trinajstić information content (AvgIpc) is 2.49. The lowest BCUT2D eigenvalue weighted by Crippen LogP contribution is -2.31. The van der Waals surface area contributed by atoms with Gasteiger partial charge in [-0.3, -0.25) is 9.88 Å². The molecule has 0 unspecified atom stereocenters. The summed E-state index contributed by atoms with van der Waals surface area (Å²) in [6.07, 6.45) is 6.51. The number of rotatable bonds is 3. The monoisotopic (exact) mass is 302 g/mol. The van der Waals surface area contributed by atoms with Gasteiger partial charge in [-0.2, -0.15) is 0 Å². The molecule has 4 nitrogen and oxygen atoms in total. The molecule has 0 atom stereocenters. The molecule has 0 N–H and O–H groups in total. The van der Waals surface area contributed by atoms with Crippen LogP contribution in [0.4, 0.5) is 0 Å². The molecule has 0 spiro atoms. The summed E-state index contributed by atoms with van der Waals surface area (Å²) in [7, 11) is 0. The first-order valence-corrected chi connectivity index (χ1v) is 7.66. The first-order chi connectivity index (χ1) is 10.1. The van der Waals surface area contributed by atoms with Crippen molar-refractivity contribution in [2.75, 3.05) is 6.54 Å². The van der Waals surface area contributed by atoms with E-state index in [1.165, 1.54) is 11.3 Å². The highest BCUT2D eigenvalue weighted by Gasteiger charge is 2.19. The van der Waals surface area contributed by atoms with E-state index >= 15 is 0 Å². The van der Waals surface area contributed by atoms with Crippen LogP contribution in [0.2, 0.25) is 5.02 Å². The van der Waals surface area contributed by atoms with Gasteiger partial charge in [0.25, 0.3) is 0 Å². The van der Waals surface area contributed by atoms with Crippen molar-refractivity contribution in [1.82, 2.24) is 19.9 Å². The fraction of sp³-hybridized carbons (Fsp3) is 0.438. The number of fused-ring (bicyclic) bond motifs is 1. The summed E-state index contributed by atoms with van der Waals surface area (Å²) in [4.78, 5) is 15.7. The molecule has 2 aromatic rings. The Labute approximate surface area is 130 Å². The summed E-state index contributed by atoms with van der Waals surface area (Å²) in [5.74, 6) is 1.32. The Kier molecular flexibility index (Phi) is 4.17. The average molecular weight is 303 g/mol. The molecule has 110 valence electrons. The van der Waals surface area contributed by atoms with E-state index in [1.54, 1.807) is 6.20 Å². The van der Waals surface area contributed by atoms with Crippen molar-refractivity contribution in [3.8, 4) is 0 Å². The second kappa shape index (κ2) is 6.08. The maximum absolute atomic E-state index is 6.21. The van der Waals surface area contributed by atoms with Gasteiger partial charge in [0.15, 0.2) is 0 Å². The fourth-order valence-electron chi connectivity index (χ4n) is 2.57. The van der Waals surface area contributed by atoms with E-state index in [0.717, 1.165) is 42.5 Å². The van der Waals surface area contributed by atoms with Gasteiger partial charge in [0.1, 0.15) is 5.82 Å². The third kappa shape index (κ3) is 3.22. The van der Waals surface area contributed by atoms with Crippen molar-refractivity contribution >= 4 is 11.6 Å². The lowest BCUT2D eigenvalue weighted by atomic mass is 10.1. The van der Waals surface area contributed by atoms with Crippen molar-refractivity contribution in [2.45, 2.75) is 39.3 Å². The molecular weight excluding hydrogens is 284 g/mol. The molecule has 0 aliphatic carbocycles. The van der Waals surface area contributed by atoms with Gasteiger partial charge in [0.2, 0.25) is 0 Å². The van der Waals surface area contributed by atoms with E-state index < -0.39 is 0 Å². The first-order valence-electron chi connectivity index (χ1n) is 7.29. The Morgan fingerprint density at radius 2 is 2.19 bits per heavy atom. The Hall–Kier alpha value is -1.52. The number of nitrogens with zero attached hydrogens (tertiary/aromatic N) is 4. The second-order valence-electron chi connectivity index (χ2n) is 5.78. The van der Waals surface area contributed by atoms with Crippen LogP contribution in [0, 0.1) is 0 Å². The molecule has 0 saturated heterocycles. The minimum Gasteiger partial charge on any atom is -0.294 e. The molecule has 0 saturated carbocycles. The molecule has 1 aliphatic heterocycles. The molecule has 0 bridgehead atoms. The summed E-state index contributed by atoms with van der Waals surface area (Å²) in [5.41, 5.74) is 3.50. The normalized spacial score (nSPS) is 15.2. The van der Waals surface area contributed by atoms with Crippen LogP contribution >= 0.6 is 11.6 Å². The third-order valence-corrected chi connectivity index (χ3v) is 4.15. The number of pyridine rings is 1. The minimum absolute atomic E-state index is 0.377. The molecule has 21 heavy (non-hydrogen) atoms. The lowest BCUT2D eigenvalue weighted by molar-refractivity contribution is 0.242. The van der Waals surface area contributed by atoms with Gasteiger partial charge in [-0.25, -0.2) is 9.97 Å². The van der Waals surface area contributed by atoms with Crippen LogP contribution in [-0.2, 0) is 19.5 Å². The summed E-state index contributed by atoms with van der Waals surface area (Å²) < 4.78 is 0. The second-order valence-corrected chi connectivity index (χ2v) is 6.19. The zero-order valence-corrected chi connectivity index (χ0v) is 13.1. The van der Waals surface area contributed by atoms with E-state index in [2.05, 4.69) is 28.7 Å². The quantitative estimate of drug-likeness (QED) is 0.873. The first kappa shape index (κ1) is 14.4. The molecule has 2 aromatic heterocycles. The maximum atomic E-state index is 6.21. The van der Waals surface area contributed by atoms with Gasteiger partial charge in [-0.05, 0) is 6.07 Å². The predicted molar refractivity (Wildman–Crippen MR) is 83.2 cm³/mol. The molecular formula is C16H19ClN4. The Bertz CT molecular complexity index is 642. The molecule has 0 amide bonds. The van der Waals surface area contributed by atoms with Crippen LogP contribution in [-0.4, -0.2) is 26.4 Å². The van der Waals surface area contributed by atoms with Gasteiger partial charge in [-0.15, -0.1) is 0 Å². The number of hydrogen-bond acceptors (Lipinski definition) is 4. The Balaban J connectivity index is 1.74. The van der Waals surface area contributed by atoms with Gasteiger partial charge in [-0.1, -0.05) is 25.4 Å². The zero-order chi connectivity index (χ0) is 14.8. The lowest BCUT2D eigenvalue weighted by Gasteiger charge is -2.28.